The number of halogens is 6. The second-order valence-electron chi connectivity index (χ2n) is 5.39. The van der Waals surface area contributed by atoms with Crippen molar-refractivity contribution in [1.82, 2.24) is 9.78 Å². The summed E-state index contributed by atoms with van der Waals surface area (Å²) in [7, 11) is 0. The molecule has 0 spiro atoms. The van der Waals surface area contributed by atoms with Crippen molar-refractivity contribution in [2.24, 2.45) is 5.10 Å². The number of anilines is 1. The molecule has 2 aromatic carbocycles. The molecular formula is C17H10Cl2F4N4. The van der Waals surface area contributed by atoms with Crippen LogP contribution >= 0.6 is 23.2 Å². The van der Waals surface area contributed by atoms with Gasteiger partial charge in [0.15, 0.2) is 23.3 Å². The van der Waals surface area contributed by atoms with Crippen LogP contribution in [0.1, 0.15) is 11.3 Å². The van der Waals surface area contributed by atoms with Crippen molar-refractivity contribution in [3.8, 4) is 5.69 Å². The molecule has 1 aromatic heterocycles. The lowest BCUT2D eigenvalue weighted by molar-refractivity contribution is 0.458. The minimum Gasteiger partial charge on any atom is -0.272 e. The van der Waals surface area contributed by atoms with Crippen molar-refractivity contribution in [1.29, 1.82) is 0 Å². The molecule has 10 heteroatoms. The van der Waals surface area contributed by atoms with Gasteiger partial charge >= 0.3 is 0 Å². The number of aryl methyl sites for hydroxylation is 1. The lowest BCUT2D eigenvalue weighted by Gasteiger charge is -2.05. The predicted molar refractivity (Wildman–Crippen MR) is 95.8 cm³/mol. The lowest BCUT2D eigenvalue weighted by atomic mass is 10.2. The fourth-order valence-electron chi connectivity index (χ4n) is 2.27. The van der Waals surface area contributed by atoms with Crippen molar-refractivity contribution in [2.75, 3.05) is 5.43 Å². The maximum absolute atomic E-state index is 13.6. The van der Waals surface area contributed by atoms with Crippen molar-refractivity contribution in [2.45, 2.75) is 6.92 Å². The smallest absolute Gasteiger partial charge is 0.186 e. The van der Waals surface area contributed by atoms with Gasteiger partial charge in [-0.3, -0.25) is 5.43 Å². The highest BCUT2D eigenvalue weighted by molar-refractivity contribution is 6.32. The first kappa shape index (κ1) is 19.2. The average Bonchev–Trinajstić information content (AvgIpc) is 2.91. The molecule has 4 nitrogen and oxygen atoms in total. The van der Waals surface area contributed by atoms with Crippen LogP contribution in [0.5, 0.6) is 0 Å². The Kier molecular flexibility index (Phi) is 5.38. The highest BCUT2D eigenvalue weighted by Crippen LogP contribution is 2.26. The Morgan fingerprint density at radius 2 is 1.74 bits per heavy atom. The maximum atomic E-state index is 13.6. The Balaban J connectivity index is 1.92. The Labute approximate surface area is 161 Å². The van der Waals surface area contributed by atoms with Crippen LogP contribution in [0.2, 0.25) is 10.2 Å². The van der Waals surface area contributed by atoms with E-state index in [-0.39, 0.29) is 11.2 Å². The quantitative estimate of drug-likeness (QED) is 0.264. The fourth-order valence-corrected chi connectivity index (χ4v) is 2.77. The van der Waals surface area contributed by atoms with Crippen molar-refractivity contribution < 1.29 is 17.6 Å². The second-order valence-corrected chi connectivity index (χ2v) is 6.19. The molecule has 3 aromatic rings. The molecule has 27 heavy (non-hydrogen) atoms. The van der Waals surface area contributed by atoms with Crippen LogP contribution in [0.25, 0.3) is 5.69 Å². The van der Waals surface area contributed by atoms with E-state index in [2.05, 4.69) is 10.2 Å². The first-order valence-electron chi connectivity index (χ1n) is 7.42. The molecular weight excluding hydrogens is 407 g/mol. The zero-order valence-corrected chi connectivity index (χ0v) is 15.1. The zero-order chi connectivity index (χ0) is 19.7. The number of nitrogens with one attached hydrogen (secondary N) is 1. The number of benzene rings is 2. The number of hydrazone groups is 1. The minimum atomic E-state index is -1.59. The van der Waals surface area contributed by atoms with Gasteiger partial charge in [0.05, 0.1) is 23.2 Å². The molecule has 140 valence electrons. The van der Waals surface area contributed by atoms with Gasteiger partial charge in [-0.25, -0.2) is 22.2 Å². The van der Waals surface area contributed by atoms with Crippen LogP contribution in [0, 0.1) is 30.2 Å². The Hall–Kier alpha value is -2.58. The van der Waals surface area contributed by atoms with Crippen LogP contribution in [0.3, 0.4) is 0 Å². The highest BCUT2D eigenvalue weighted by Gasteiger charge is 2.19. The van der Waals surface area contributed by atoms with Gasteiger partial charge in [0.25, 0.3) is 0 Å². The van der Waals surface area contributed by atoms with E-state index in [1.807, 2.05) is 5.43 Å². The zero-order valence-electron chi connectivity index (χ0n) is 13.6. The molecule has 1 N–H and O–H groups in total. The number of hydrogen-bond donors (Lipinski definition) is 1. The van der Waals surface area contributed by atoms with Gasteiger partial charge in [0, 0.05) is 11.1 Å². The SMILES string of the molecule is Cc1nn(-c2cccc(Cl)c2)c(Cl)c1C=NNc1c(F)c(F)cc(F)c1F. The molecule has 0 aliphatic rings. The maximum Gasteiger partial charge on any atom is 0.186 e. The van der Waals surface area contributed by atoms with E-state index in [1.165, 1.54) is 4.68 Å². The summed E-state index contributed by atoms with van der Waals surface area (Å²) in [5.74, 6) is -6.28. The molecule has 3 rings (SSSR count). The van der Waals surface area contributed by atoms with Gasteiger partial charge in [-0.15, -0.1) is 0 Å². The summed E-state index contributed by atoms with van der Waals surface area (Å²) in [5.41, 5.74) is 2.27. The van der Waals surface area contributed by atoms with E-state index >= 15 is 0 Å². The average molecular weight is 417 g/mol. The Bertz CT molecular complexity index is 1020. The largest absolute Gasteiger partial charge is 0.272 e. The second kappa shape index (κ2) is 7.58. The van der Waals surface area contributed by atoms with E-state index < -0.39 is 29.0 Å². The van der Waals surface area contributed by atoms with Gasteiger partial charge in [-0.2, -0.15) is 10.2 Å². The number of aromatic nitrogens is 2. The van der Waals surface area contributed by atoms with Gasteiger partial charge in [0.1, 0.15) is 10.8 Å². The van der Waals surface area contributed by atoms with Gasteiger partial charge in [-0.1, -0.05) is 29.3 Å². The van der Waals surface area contributed by atoms with Crippen molar-refractivity contribution in [3.63, 3.8) is 0 Å². The Morgan fingerprint density at radius 3 is 2.37 bits per heavy atom. The number of nitrogens with zero attached hydrogens (tertiary/aromatic N) is 3. The summed E-state index contributed by atoms with van der Waals surface area (Å²) in [6, 6.07) is 6.87. The monoisotopic (exact) mass is 416 g/mol. The molecule has 0 saturated heterocycles. The molecule has 0 saturated carbocycles. The molecule has 0 radical (unpaired) electrons. The van der Waals surface area contributed by atoms with Crippen LogP contribution in [0.15, 0.2) is 35.4 Å². The molecule has 0 aliphatic carbocycles. The van der Waals surface area contributed by atoms with Gasteiger partial charge in [0.2, 0.25) is 0 Å². The number of hydrogen-bond acceptors (Lipinski definition) is 3. The number of rotatable bonds is 4. The van der Waals surface area contributed by atoms with Crippen LogP contribution < -0.4 is 5.43 Å². The summed E-state index contributed by atoms with van der Waals surface area (Å²) in [4.78, 5) is 0. The summed E-state index contributed by atoms with van der Waals surface area (Å²) in [6.45, 7) is 1.64. The summed E-state index contributed by atoms with van der Waals surface area (Å²) in [6.07, 6.45) is 1.13. The predicted octanol–water partition coefficient (Wildman–Crippen LogP) is 5.49. The van der Waals surface area contributed by atoms with E-state index in [0.29, 0.717) is 22.0 Å². The van der Waals surface area contributed by atoms with Crippen LogP contribution in [-0.2, 0) is 0 Å². The normalized spacial score (nSPS) is 11.4. The van der Waals surface area contributed by atoms with Gasteiger partial charge < -0.3 is 0 Å². The topological polar surface area (TPSA) is 42.2 Å². The van der Waals surface area contributed by atoms with Crippen LogP contribution in [-0.4, -0.2) is 16.0 Å². The van der Waals surface area contributed by atoms with Crippen LogP contribution in [0.4, 0.5) is 23.2 Å². The third-order valence-electron chi connectivity index (χ3n) is 3.58. The lowest BCUT2D eigenvalue weighted by Crippen LogP contribution is -2.03. The summed E-state index contributed by atoms with van der Waals surface area (Å²) < 4.78 is 55.0. The van der Waals surface area contributed by atoms with E-state index in [0.717, 1.165) is 6.21 Å². The molecule has 1 heterocycles. The molecule has 0 bridgehead atoms. The summed E-state index contributed by atoms with van der Waals surface area (Å²) in [5, 5.41) is 8.50. The van der Waals surface area contributed by atoms with E-state index in [9.17, 15) is 17.6 Å². The fraction of sp³-hybridized carbons (Fsp3) is 0.0588. The molecule has 0 aliphatic heterocycles. The highest BCUT2D eigenvalue weighted by atomic mass is 35.5. The van der Waals surface area contributed by atoms with Crippen molar-refractivity contribution in [3.05, 3.63) is 75.0 Å². The van der Waals surface area contributed by atoms with E-state index in [1.54, 1.807) is 31.2 Å². The third kappa shape index (κ3) is 3.77. The minimum absolute atomic E-state index is 0.107. The standard InChI is InChI=1S/C17H10Cl2F4N4/c1-8-11(17(19)27(26-8)10-4-2-3-9(18)5-10)7-24-25-16-14(22)12(20)6-13(21)15(16)23/h2-7,25H,1H3. The first-order valence-corrected chi connectivity index (χ1v) is 8.18. The molecule has 0 atom stereocenters. The molecule has 0 fully saturated rings. The molecule has 0 amide bonds. The van der Waals surface area contributed by atoms with Gasteiger partial charge in [-0.05, 0) is 25.1 Å². The van der Waals surface area contributed by atoms with E-state index in [4.69, 9.17) is 23.2 Å². The Morgan fingerprint density at radius 1 is 1.07 bits per heavy atom. The van der Waals surface area contributed by atoms with Crippen molar-refractivity contribution >= 4 is 35.1 Å². The third-order valence-corrected chi connectivity index (χ3v) is 4.18. The first-order chi connectivity index (χ1) is 12.8. The summed E-state index contributed by atoms with van der Waals surface area (Å²) >= 11 is 12.2. The molecule has 0 unspecified atom stereocenters.